The van der Waals surface area contributed by atoms with Gasteiger partial charge in [-0.05, 0) is 40.1 Å². The zero-order valence-corrected chi connectivity index (χ0v) is 19.6. The lowest BCUT2D eigenvalue weighted by Crippen LogP contribution is -2.37. The minimum absolute atomic E-state index is 0.0119. The molecule has 2 amide bonds. The Labute approximate surface area is 202 Å². The minimum atomic E-state index is -3.77. The average Bonchev–Trinajstić information content (AvgIpc) is 3.18. The molecule has 0 saturated carbocycles. The van der Waals surface area contributed by atoms with Gasteiger partial charge in [0, 0.05) is 18.7 Å². The van der Waals surface area contributed by atoms with E-state index in [0.29, 0.717) is 11.1 Å². The summed E-state index contributed by atoms with van der Waals surface area (Å²) in [4.78, 5) is 24.5. The van der Waals surface area contributed by atoms with Crippen molar-refractivity contribution in [2.75, 3.05) is 6.54 Å². The standard InChI is InChI=1S/C26H20N2O4S2/c29-25-24(33-26(30)27-25)22-17-28(34(31,32)23-9-5-4-8-21(22)23)16-20-14-12-19(13-15-20)11-10-18-6-2-1-3-7-18/h1-15H,16-17H2,(H,27,29,30)/b11-10+,24-22-. The molecular formula is C26H20N2O4S2. The Kier molecular flexibility index (Phi) is 5.95. The van der Waals surface area contributed by atoms with Gasteiger partial charge in [-0.15, -0.1) is 0 Å². The van der Waals surface area contributed by atoms with Crippen LogP contribution in [0.1, 0.15) is 22.3 Å². The van der Waals surface area contributed by atoms with Crippen LogP contribution in [0.15, 0.2) is 88.7 Å². The van der Waals surface area contributed by atoms with E-state index in [4.69, 9.17) is 0 Å². The van der Waals surface area contributed by atoms with E-state index in [0.717, 1.165) is 28.5 Å². The number of nitrogens with zero attached hydrogens (tertiary/aromatic N) is 1. The first kappa shape index (κ1) is 22.3. The fraction of sp³-hybridized carbons (Fsp3) is 0.0769. The molecule has 5 rings (SSSR count). The molecule has 2 aliphatic heterocycles. The summed E-state index contributed by atoms with van der Waals surface area (Å²) in [6.45, 7) is 0.161. The van der Waals surface area contributed by atoms with Crippen LogP contribution in [-0.2, 0) is 21.4 Å². The van der Waals surface area contributed by atoms with Crippen LogP contribution in [0.2, 0.25) is 0 Å². The zero-order chi connectivity index (χ0) is 23.7. The van der Waals surface area contributed by atoms with Crippen molar-refractivity contribution in [1.82, 2.24) is 9.62 Å². The van der Waals surface area contributed by atoms with Crippen molar-refractivity contribution in [1.29, 1.82) is 0 Å². The summed E-state index contributed by atoms with van der Waals surface area (Å²) in [5.74, 6) is -0.492. The van der Waals surface area contributed by atoms with Crippen LogP contribution < -0.4 is 5.32 Å². The van der Waals surface area contributed by atoms with E-state index < -0.39 is 21.2 Å². The van der Waals surface area contributed by atoms with Gasteiger partial charge in [-0.3, -0.25) is 14.9 Å². The number of benzene rings is 3. The van der Waals surface area contributed by atoms with E-state index in [1.165, 1.54) is 10.4 Å². The average molecular weight is 489 g/mol. The maximum atomic E-state index is 13.4. The maximum absolute atomic E-state index is 13.4. The number of imide groups is 1. The Morgan fingerprint density at radius 3 is 2.18 bits per heavy atom. The molecule has 0 bridgehead atoms. The molecular weight excluding hydrogens is 468 g/mol. The van der Waals surface area contributed by atoms with Crippen molar-refractivity contribution < 1.29 is 18.0 Å². The Balaban J connectivity index is 1.44. The third kappa shape index (κ3) is 4.35. The molecule has 1 fully saturated rings. The van der Waals surface area contributed by atoms with Crippen molar-refractivity contribution >= 4 is 50.7 Å². The molecule has 0 aromatic heterocycles. The van der Waals surface area contributed by atoms with Crippen LogP contribution in [0.3, 0.4) is 0 Å². The minimum Gasteiger partial charge on any atom is -0.282 e. The first-order valence-corrected chi connectivity index (χ1v) is 12.9. The first-order valence-electron chi connectivity index (χ1n) is 10.6. The van der Waals surface area contributed by atoms with Crippen LogP contribution in [0.4, 0.5) is 4.79 Å². The van der Waals surface area contributed by atoms with Crippen molar-refractivity contribution in [3.8, 4) is 0 Å². The molecule has 2 heterocycles. The lowest BCUT2D eigenvalue weighted by molar-refractivity contribution is -0.115. The van der Waals surface area contributed by atoms with E-state index in [1.54, 1.807) is 18.2 Å². The highest BCUT2D eigenvalue weighted by atomic mass is 32.2. The molecule has 0 radical (unpaired) electrons. The van der Waals surface area contributed by atoms with Crippen molar-refractivity contribution in [3.63, 3.8) is 0 Å². The fourth-order valence-corrected chi connectivity index (χ4v) is 6.36. The van der Waals surface area contributed by atoms with Gasteiger partial charge in [0.05, 0.1) is 9.80 Å². The van der Waals surface area contributed by atoms with Crippen LogP contribution in [0, 0.1) is 0 Å². The number of nitrogens with one attached hydrogen (secondary N) is 1. The van der Waals surface area contributed by atoms with E-state index in [9.17, 15) is 18.0 Å². The highest BCUT2D eigenvalue weighted by Gasteiger charge is 2.38. The first-order chi connectivity index (χ1) is 16.4. The largest absolute Gasteiger partial charge is 0.290 e. The van der Waals surface area contributed by atoms with Crippen LogP contribution in [0.25, 0.3) is 17.7 Å². The fourth-order valence-electron chi connectivity index (χ4n) is 3.97. The highest BCUT2D eigenvalue weighted by molar-refractivity contribution is 8.18. The second-order valence-electron chi connectivity index (χ2n) is 7.91. The lowest BCUT2D eigenvalue weighted by atomic mass is 10.0. The Bertz CT molecular complexity index is 1440. The number of hydrogen-bond donors (Lipinski definition) is 1. The van der Waals surface area contributed by atoms with Crippen molar-refractivity contribution in [3.05, 3.63) is 106 Å². The lowest BCUT2D eigenvalue weighted by Gasteiger charge is -2.30. The van der Waals surface area contributed by atoms with Gasteiger partial charge < -0.3 is 0 Å². The number of thioether (sulfide) groups is 1. The Morgan fingerprint density at radius 1 is 0.853 bits per heavy atom. The molecule has 3 aromatic rings. The molecule has 0 atom stereocenters. The summed E-state index contributed by atoms with van der Waals surface area (Å²) in [6, 6.07) is 24.2. The summed E-state index contributed by atoms with van der Waals surface area (Å²) in [5, 5.41) is 1.81. The molecule has 3 aromatic carbocycles. The highest BCUT2D eigenvalue weighted by Crippen LogP contribution is 2.40. The number of rotatable bonds is 4. The topological polar surface area (TPSA) is 83.6 Å². The molecule has 34 heavy (non-hydrogen) atoms. The summed E-state index contributed by atoms with van der Waals surface area (Å²) in [6.07, 6.45) is 4.02. The predicted molar refractivity (Wildman–Crippen MR) is 134 cm³/mol. The maximum Gasteiger partial charge on any atom is 0.290 e. The van der Waals surface area contributed by atoms with E-state index in [1.807, 2.05) is 66.7 Å². The molecule has 0 spiro atoms. The van der Waals surface area contributed by atoms with Crippen molar-refractivity contribution in [2.24, 2.45) is 0 Å². The van der Waals surface area contributed by atoms with Gasteiger partial charge in [0.15, 0.2) is 0 Å². The number of amides is 2. The van der Waals surface area contributed by atoms with E-state index >= 15 is 0 Å². The number of fused-ring (bicyclic) bond motifs is 1. The summed E-state index contributed by atoms with van der Waals surface area (Å²) < 4.78 is 28.1. The zero-order valence-electron chi connectivity index (χ0n) is 18.0. The summed E-state index contributed by atoms with van der Waals surface area (Å²) >= 11 is 0.809. The number of carbonyl (C=O) groups excluding carboxylic acids is 2. The summed E-state index contributed by atoms with van der Waals surface area (Å²) in [5.41, 5.74) is 3.93. The van der Waals surface area contributed by atoms with Crippen LogP contribution in [-0.4, -0.2) is 30.4 Å². The van der Waals surface area contributed by atoms with Gasteiger partial charge in [0.2, 0.25) is 10.0 Å². The molecule has 1 saturated heterocycles. The third-order valence-corrected chi connectivity index (χ3v) is 8.43. The Hall–Kier alpha value is -3.46. The number of sulfonamides is 1. The second-order valence-corrected chi connectivity index (χ2v) is 10.8. The van der Waals surface area contributed by atoms with Gasteiger partial charge in [-0.1, -0.05) is 84.9 Å². The van der Waals surface area contributed by atoms with Gasteiger partial charge in [0.1, 0.15) is 0 Å². The van der Waals surface area contributed by atoms with Gasteiger partial charge in [0.25, 0.3) is 11.1 Å². The SMILES string of the molecule is O=C1NC(=O)/C(=C2\CN(Cc3ccc(/C=C/c4ccccc4)cc3)S(=O)(=O)c3ccccc32)S1. The van der Waals surface area contributed by atoms with Gasteiger partial charge in [-0.2, -0.15) is 4.31 Å². The van der Waals surface area contributed by atoms with Gasteiger partial charge in [-0.25, -0.2) is 8.42 Å². The molecule has 2 aliphatic rings. The molecule has 1 N–H and O–H groups in total. The molecule has 170 valence electrons. The summed E-state index contributed by atoms with van der Waals surface area (Å²) in [7, 11) is -3.77. The Morgan fingerprint density at radius 2 is 1.50 bits per heavy atom. The van der Waals surface area contributed by atoms with Crippen molar-refractivity contribution in [2.45, 2.75) is 11.4 Å². The smallest absolute Gasteiger partial charge is 0.282 e. The second kappa shape index (κ2) is 9.06. The number of carbonyl (C=O) groups is 2. The number of hydrogen-bond acceptors (Lipinski definition) is 5. The van der Waals surface area contributed by atoms with Crippen LogP contribution >= 0.6 is 11.8 Å². The van der Waals surface area contributed by atoms with E-state index in [-0.39, 0.29) is 22.9 Å². The molecule has 6 nitrogen and oxygen atoms in total. The van der Waals surface area contributed by atoms with Crippen LogP contribution in [0.5, 0.6) is 0 Å². The molecule has 0 aliphatic carbocycles. The predicted octanol–water partition coefficient (Wildman–Crippen LogP) is 4.76. The monoisotopic (exact) mass is 488 g/mol. The quantitative estimate of drug-likeness (QED) is 0.423. The molecule has 8 heteroatoms. The van der Waals surface area contributed by atoms with Gasteiger partial charge >= 0.3 is 0 Å². The third-order valence-electron chi connectivity index (χ3n) is 5.66. The normalized spacial score (nSPS) is 19.9. The molecule has 0 unspecified atom stereocenters. The van der Waals surface area contributed by atoms with E-state index in [2.05, 4.69) is 5.32 Å².